The smallest absolute Gasteiger partial charge is 0.273 e. The van der Waals surface area contributed by atoms with Gasteiger partial charge in [0.05, 0.1) is 25.0 Å². The quantitative estimate of drug-likeness (QED) is 0.667. The lowest BCUT2D eigenvalue weighted by atomic mass is 10.1. The Morgan fingerprint density at radius 3 is 2.61 bits per heavy atom. The molecule has 146 valence electrons. The zero-order valence-corrected chi connectivity index (χ0v) is 16.0. The maximum Gasteiger partial charge on any atom is 0.273 e. The number of nitrogens with zero attached hydrogens (tertiary/aromatic N) is 5. The average molecular weight is 378 g/mol. The fourth-order valence-corrected chi connectivity index (χ4v) is 3.71. The minimum Gasteiger partial charge on any atom is -0.346 e. The molecule has 1 aromatic carbocycles. The van der Waals surface area contributed by atoms with Crippen LogP contribution in [-0.2, 0) is 13.1 Å². The summed E-state index contributed by atoms with van der Waals surface area (Å²) in [6.07, 6.45) is 12.8. The summed E-state index contributed by atoms with van der Waals surface area (Å²) >= 11 is 0. The molecule has 1 saturated carbocycles. The first-order valence-electron chi connectivity index (χ1n) is 10.0. The molecule has 7 nitrogen and oxygen atoms in total. The molecule has 28 heavy (non-hydrogen) atoms. The van der Waals surface area contributed by atoms with Crippen LogP contribution >= 0.6 is 0 Å². The molecule has 1 N–H and O–H groups in total. The van der Waals surface area contributed by atoms with Gasteiger partial charge in [0.15, 0.2) is 5.69 Å². The zero-order chi connectivity index (χ0) is 19.2. The highest BCUT2D eigenvalue weighted by atomic mass is 16.2. The van der Waals surface area contributed by atoms with Crippen LogP contribution in [0.3, 0.4) is 0 Å². The molecular formula is C21H26N6O. The van der Waals surface area contributed by atoms with Gasteiger partial charge in [0.25, 0.3) is 5.91 Å². The lowest BCUT2D eigenvalue weighted by Gasteiger charge is -2.12. The highest BCUT2D eigenvalue weighted by molar-refractivity contribution is 5.91. The summed E-state index contributed by atoms with van der Waals surface area (Å²) in [7, 11) is 0. The van der Waals surface area contributed by atoms with Gasteiger partial charge in [0, 0.05) is 18.3 Å². The van der Waals surface area contributed by atoms with Crippen LogP contribution in [0, 0.1) is 0 Å². The Kier molecular flexibility index (Phi) is 5.80. The van der Waals surface area contributed by atoms with Crippen LogP contribution in [0.1, 0.15) is 66.2 Å². The molecule has 0 radical (unpaired) electrons. The van der Waals surface area contributed by atoms with E-state index >= 15 is 0 Å². The zero-order valence-electron chi connectivity index (χ0n) is 16.0. The fourth-order valence-electron chi connectivity index (χ4n) is 3.71. The van der Waals surface area contributed by atoms with Crippen molar-refractivity contribution >= 4 is 5.91 Å². The normalized spacial score (nSPS) is 15.3. The first kappa shape index (κ1) is 18.4. The van der Waals surface area contributed by atoms with Crippen molar-refractivity contribution in [2.24, 2.45) is 0 Å². The molecule has 4 rings (SSSR count). The van der Waals surface area contributed by atoms with Crippen molar-refractivity contribution in [3.05, 3.63) is 65.7 Å². The fraction of sp³-hybridized carbons (Fsp3) is 0.429. The molecule has 0 saturated heterocycles. The van der Waals surface area contributed by atoms with E-state index in [1.54, 1.807) is 12.4 Å². The van der Waals surface area contributed by atoms with Gasteiger partial charge in [-0.25, -0.2) is 4.68 Å². The Morgan fingerprint density at radius 2 is 1.82 bits per heavy atom. The number of rotatable bonds is 6. The minimum atomic E-state index is -0.198. The van der Waals surface area contributed by atoms with E-state index in [2.05, 4.69) is 32.9 Å². The van der Waals surface area contributed by atoms with Gasteiger partial charge < -0.3 is 5.32 Å². The molecule has 0 spiro atoms. The highest BCUT2D eigenvalue weighted by Gasteiger charge is 2.18. The van der Waals surface area contributed by atoms with Gasteiger partial charge in [0.2, 0.25) is 0 Å². The van der Waals surface area contributed by atoms with Gasteiger partial charge >= 0.3 is 0 Å². The molecule has 1 aliphatic carbocycles. The van der Waals surface area contributed by atoms with Crippen molar-refractivity contribution in [1.29, 1.82) is 0 Å². The summed E-state index contributed by atoms with van der Waals surface area (Å²) in [6.45, 7) is 1.13. The first-order chi connectivity index (χ1) is 13.8. The van der Waals surface area contributed by atoms with Crippen LogP contribution in [0.2, 0.25) is 0 Å². The summed E-state index contributed by atoms with van der Waals surface area (Å²) in [4.78, 5) is 12.4. The van der Waals surface area contributed by atoms with Gasteiger partial charge in [-0.1, -0.05) is 61.2 Å². The number of hydrogen-bond donors (Lipinski definition) is 1. The minimum absolute atomic E-state index is 0.198. The van der Waals surface area contributed by atoms with E-state index in [0.717, 1.165) is 18.4 Å². The third-order valence-electron chi connectivity index (χ3n) is 5.27. The average Bonchev–Trinajstić information content (AvgIpc) is 3.30. The van der Waals surface area contributed by atoms with E-state index < -0.39 is 0 Å². The topological polar surface area (TPSA) is 77.6 Å². The number of carbonyl (C=O) groups is 1. The molecule has 0 bridgehead atoms. The van der Waals surface area contributed by atoms with Gasteiger partial charge in [-0.3, -0.25) is 9.48 Å². The molecule has 3 aromatic rings. The Morgan fingerprint density at radius 1 is 1.04 bits per heavy atom. The second-order valence-electron chi connectivity index (χ2n) is 7.44. The highest BCUT2D eigenvalue weighted by Crippen LogP contribution is 2.26. The Hall–Kier alpha value is -2.96. The van der Waals surface area contributed by atoms with E-state index in [0.29, 0.717) is 24.8 Å². The maximum absolute atomic E-state index is 12.4. The monoisotopic (exact) mass is 378 g/mol. The van der Waals surface area contributed by atoms with Crippen molar-refractivity contribution < 1.29 is 4.79 Å². The van der Waals surface area contributed by atoms with Gasteiger partial charge in [0.1, 0.15) is 0 Å². The molecular weight excluding hydrogens is 352 g/mol. The third kappa shape index (κ3) is 4.65. The lowest BCUT2D eigenvalue weighted by molar-refractivity contribution is 0.0946. The molecule has 0 unspecified atom stereocenters. The van der Waals surface area contributed by atoms with Crippen molar-refractivity contribution in [2.75, 3.05) is 0 Å². The molecule has 7 heteroatoms. The summed E-state index contributed by atoms with van der Waals surface area (Å²) in [5.41, 5.74) is 2.53. The second-order valence-corrected chi connectivity index (χ2v) is 7.44. The molecule has 2 aromatic heterocycles. The van der Waals surface area contributed by atoms with Crippen molar-refractivity contribution in [3.8, 4) is 0 Å². The third-order valence-corrected chi connectivity index (χ3v) is 5.27. The van der Waals surface area contributed by atoms with E-state index in [-0.39, 0.29) is 5.91 Å². The number of hydrogen-bond acceptors (Lipinski definition) is 4. The summed E-state index contributed by atoms with van der Waals surface area (Å²) < 4.78 is 3.75. The maximum atomic E-state index is 12.4. The molecule has 1 aliphatic rings. The van der Waals surface area contributed by atoms with Crippen molar-refractivity contribution in [2.45, 2.75) is 57.7 Å². The number of nitrogens with one attached hydrogen (secondary N) is 1. The molecule has 1 fully saturated rings. The Bertz CT molecular complexity index is 893. The van der Waals surface area contributed by atoms with Crippen LogP contribution in [-0.4, -0.2) is 30.7 Å². The van der Waals surface area contributed by atoms with Crippen LogP contribution in [0.5, 0.6) is 0 Å². The van der Waals surface area contributed by atoms with Gasteiger partial charge in [-0.15, -0.1) is 5.10 Å². The SMILES string of the molecule is O=C(NCc1cnn(Cc2ccccc2)c1)c1cn(C2CCCCCC2)nn1. The molecule has 1 amide bonds. The van der Waals surface area contributed by atoms with Crippen LogP contribution in [0.4, 0.5) is 0 Å². The standard InChI is InChI=1S/C21H26N6O/c28-21(20-16-27(25-24-20)19-10-6-1-2-7-11-19)22-12-18-13-23-26(15-18)14-17-8-4-3-5-9-17/h3-5,8-9,13,15-16,19H,1-2,6-7,10-12,14H2,(H,22,28). The van der Waals surface area contributed by atoms with E-state index in [1.165, 1.54) is 31.2 Å². The lowest BCUT2D eigenvalue weighted by Crippen LogP contribution is -2.23. The Balaban J connectivity index is 1.31. The van der Waals surface area contributed by atoms with Crippen molar-refractivity contribution in [3.63, 3.8) is 0 Å². The second kappa shape index (κ2) is 8.82. The van der Waals surface area contributed by atoms with Gasteiger partial charge in [-0.2, -0.15) is 5.10 Å². The molecule has 0 aliphatic heterocycles. The van der Waals surface area contributed by atoms with E-state index in [1.807, 2.05) is 33.8 Å². The number of carbonyl (C=O) groups excluding carboxylic acids is 1. The van der Waals surface area contributed by atoms with Crippen LogP contribution < -0.4 is 5.32 Å². The van der Waals surface area contributed by atoms with Crippen LogP contribution in [0.25, 0.3) is 0 Å². The molecule has 0 atom stereocenters. The predicted molar refractivity (Wildman–Crippen MR) is 106 cm³/mol. The number of amides is 1. The van der Waals surface area contributed by atoms with Gasteiger partial charge in [-0.05, 0) is 18.4 Å². The van der Waals surface area contributed by atoms with Crippen molar-refractivity contribution in [1.82, 2.24) is 30.1 Å². The summed E-state index contributed by atoms with van der Waals surface area (Å²) in [6, 6.07) is 10.5. The first-order valence-corrected chi connectivity index (χ1v) is 10.0. The molecule has 2 heterocycles. The van der Waals surface area contributed by atoms with Crippen LogP contribution in [0.15, 0.2) is 48.9 Å². The summed E-state index contributed by atoms with van der Waals surface area (Å²) in [5.74, 6) is -0.198. The Labute approximate surface area is 164 Å². The van der Waals surface area contributed by atoms with E-state index in [4.69, 9.17) is 0 Å². The number of aromatic nitrogens is 5. The summed E-state index contributed by atoms with van der Waals surface area (Å²) in [5, 5.41) is 15.6. The number of benzene rings is 1. The van der Waals surface area contributed by atoms with E-state index in [9.17, 15) is 4.79 Å². The largest absolute Gasteiger partial charge is 0.346 e. The predicted octanol–water partition coefficient (Wildman–Crippen LogP) is 3.35.